The summed E-state index contributed by atoms with van der Waals surface area (Å²) >= 11 is 2.86. The number of thiazole rings is 1. The Bertz CT molecular complexity index is 1340. The molecule has 1 atom stereocenters. The number of allylic oxidation sites excluding steroid dienone is 1. The standard InChI is InChI=1S/C22H23N3O3S2/c1-6-28-21(27)18-13(3)23-22-25(19(18)16-8-7-9-29-16)20(26)17(30-22)11-15-10-12(2)24(5)14(15)4/h7-11,19H,6H2,1-5H3/b17-11+. The van der Waals surface area contributed by atoms with Gasteiger partial charge in [0, 0.05) is 23.3 Å². The van der Waals surface area contributed by atoms with Crippen LogP contribution in [0.3, 0.4) is 0 Å². The van der Waals surface area contributed by atoms with Gasteiger partial charge in [-0.05, 0) is 56.8 Å². The van der Waals surface area contributed by atoms with E-state index < -0.39 is 12.0 Å². The van der Waals surface area contributed by atoms with E-state index in [0.29, 0.717) is 20.6 Å². The van der Waals surface area contributed by atoms with Crippen molar-refractivity contribution in [2.75, 3.05) is 6.61 Å². The average molecular weight is 442 g/mol. The smallest absolute Gasteiger partial charge is 0.338 e. The third kappa shape index (κ3) is 3.30. The maximum Gasteiger partial charge on any atom is 0.338 e. The maximum atomic E-state index is 13.5. The second-order valence-corrected chi connectivity index (χ2v) is 9.19. The second kappa shape index (κ2) is 7.85. The summed E-state index contributed by atoms with van der Waals surface area (Å²) in [7, 11) is 2.01. The first-order valence-electron chi connectivity index (χ1n) is 9.69. The van der Waals surface area contributed by atoms with Gasteiger partial charge < -0.3 is 9.30 Å². The highest BCUT2D eigenvalue weighted by atomic mass is 32.1. The number of esters is 1. The molecule has 0 bridgehead atoms. The minimum absolute atomic E-state index is 0.146. The summed E-state index contributed by atoms with van der Waals surface area (Å²) in [5.74, 6) is -0.430. The van der Waals surface area contributed by atoms with E-state index in [1.807, 2.05) is 44.5 Å². The van der Waals surface area contributed by atoms with Crippen LogP contribution in [0, 0.1) is 13.8 Å². The number of nitrogens with zero attached hydrogens (tertiary/aromatic N) is 3. The number of aromatic nitrogens is 2. The monoisotopic (exact) mass is 441 g/mol. The molecule has 1 unspecified atom stereocenters. The van der Waals surface area contributed by atoms with Gasteiger partial charge in [0.1, 0.15) is 6.04 Å². The van der Waals surface area contributed by atoms with Crippen LogP contribution in [0.5, 0.6) is 0 Å². The number of thiophene rings is 1. The van der Waals surface area contributed by atoms with E-state index >= 15 is 0 Å². The van der Waals surface area contributed by atoms with Crippen molar-refractivity contribution >= 4 is 34.7 Å². The number of rotatable bonds is 4. The lowest BCUT2D eigenvalue weighted by Crippen LogP contribution is -2.39. The molecule has 0 aromatic carbocycles. The average Bonchev–Trinajstić information content (AvgIpc) is 3.39. The molecule has 6 nitrogen and oxygen atoms in total. The Kier molecular flexibility index (Phi) is 5.38. The Balaban J connectivity index is 1.96. The molecule has 4 heterocycles. The Hall–Kier alpha value is -2.71. The van der Waals surface area contributed by atoms with E-state index in [0.717, 1.165) is 21.8 Å². The minimum atomic E-state index is -0.527. The molecule has 30 heavy (non-hydrogen) atoms. The van der Waals surface area contributed by atoms with Gasteiger partial charge in [-0.3, -0.25) is 9.36 Å². The largest absolute Gasteiger partial charge is 0.463 e. The van der Waals surface area contributed by atoms with Crippen LogP contribution >= 0.6 is 22.7 Å². The molecule has 0 fully saturated rings. The van der Waals surface area contributed by atoms with Crippen molar-refractivity contribution in [1.29, 1.82) is 0 Å². The third-order valence-electron chi connectivity index (χ3n) is 5.43. The molecule has 3 aromatic heterocycles. The van der Waals surface area contributed by atoms with E-state index in [1.54, 1.807) is 18.4 Å². The van der Waals surface area contributed by atoms with Crippen LogP contribution in [-0.4, -0.2) is 21.7 Å². The molecule has 0 saturated carbocycles. The number of aryl methyl sites for hydroxylation is 1. The molecule has 1 aliphatic heterocycles. The molecular formula is C22H23N3O3S2. The van der Waals surface area contributed by atoms with Gasteiger partial charge in [0.15, 0.2) is 4.80 Å². The first-order chi connectivity index (χ1) is 14.3. The van der Waals surface area contributed by atoms with E-state index in [9.17, 15) is 9.59 Å². The zero-order chi connectivity index (χ0) is 21.6. The van der Waals surface area contributed by atoms with Crippen LogP contribution in [-0.2, 0) is 16.6 Å². The van der Waals surface area contributed by atoms with Gasteiger partial charge in [-0.15, -0.1) is 11.3 Å². The number of hydrogen-bond donors (Lipinski definition) is 0. The van der Waals surface area contributed by atoms with Gasteiger partial charge in [0.05, 0.1) is 22.4 Å². The Morgan fingerprint density at radius 2 is 2.10 bits per heavy atom. The van der Waals surface area contributed by atoms with Crippen molar-refractivity contribution in [3.63, 3.8) is 0 Å². The molecule has 0 amide bonds. The third-order valence-corrected chi connectivity index (χ3v) is 7.34. The molecule has 0 N–H and O–H groups in total. The molecule has 0 saturated heterocycles. The molecular weight excluding hydrogens is 418 g/mol. The molecule has 156 valence electrons. The first-order valence-corrected chi connectivity index (χ1v) is 11.4. The molecule has 8 heteroatoms. The zero-order valence-electron chi connectivity index (χ0n) is 17.6. The van der Waals surface area contributed by atoms with Gasteiger partial charge in [-0.2, -0.15) is 0 Å². The summed E-state index contributed by atoms with van der Waals surface area (Å²) in [6.45, 7) is 7.91. The topological polar surface area (TPSA) is 65.6 Å². The predicted octanol–water partition coefficient (Wildman–Crippen LogP) is 2.82. The quantitative estimate of drug-likeness (QED) is 0.585. The molecule has 1 aliphatic rings. The molecule has 0 aliphatic carbocycles. The summed E-state index contributed by atoms with van der Waals surface area (Å²) < 4.78 is 9.62. The fourth-order valence-corrected chi connectivity index (χ4v) is 5.54. The van der Waals surface area contributed by atoms with Crippen molar-refractivity contribution in [3.05, 3.63) is 76.4 Å². The minimum Gasteiger partial charge on any atom is -0.463 e. The Labute approximate surface area is 182 Å². The number of carbonyl (C=O) groups is 1. The maximum absolute atomic E-state index is 13.5. The molecule has 3 aromatic rings. The molecule has 0 radical (unpaired) electrons. The van der Waals surface area contributed by atoms with Gasteiger partial charge in [-0.1, -0.05) is 17.4 Å². The predicted molar refractivity (Wildman–Crippen MR) is 120 cm³/mol. The van der Waals surface area contributed by atoms with Crippen molar-refractivity contribution in [2.45, 2.75) is 33.7 Å². The molecule has 0 spiro atoms. The first kappa shape index (κ1) is 20.6. The van der Waals surface area contributed by atoms with E-state index in [4.69, 9.17) is 4.74 Å². The van der Waals surface area contributed by atoms with Gasteiger partial charge in [0.25, 0.3) is 5.56 Å². The summed E-state index contributed by atoms with van der Waals surface area (Å²) in [6.07, 6.45) is 1.92. The number of hydrogen-bond acceptors (Lipinski definition) is 6. The van der Waals surface area contributed by atoms with Gasteiger partial charge in [0.2, 0.25) is 0 Å². The van der Waals surface area contributed by atoms with Crippen LogP contribution in [0.25, 0.3) is 6.08 Å². The van der Waals surface area contributed by atoms with Crippen LogP contribution in [0.2, 0.25) is 0 Å². The van der Waals surface area contributed by atoms with E-state index in [2.05, 4.69) is 15.6 Å². The lowest BCUT2D eigenvalue weighted by Gasteiger charge is -2.23. The van der Waals surface area contributed by atoms with Crippen molar-refractivity contribution < 1.29 is 9.53 Å². The summed E-state index contributed by atoms with van der Waals surface area (Å²) in [6, 6.07) is 5.40. The second-order valence-electron chi connectivity index (χ2n) is 7.20. The van der Waals surface area contributed by atoms with Crippen molar-refractivity contribution in [1.82, 2.24) is 9.13 Å². The van der Waals surface area contributed by atoms with Gasteiger partial charge in [-0.25, -0.2) is 9.79 Å². The SMILES string of the molecule is CCOC(=O)C1=C(C)N=c2s/c(=C/c3cc(C)n(C)c3C)c(=O)n2C1c1cccs1. The normalized spacial score (nSPS) is 16.6. The van der Waals surface area contributed by atoms with Crippen LogP contribution in [0.1, 0.15) is 41.7 Å². The summed E-state index contributed by atoms with van der Waals surface area (Å²) in [5, 5.41) is 1.94. The van der Waals surface area contributed by atoms with Crippen molar-refractivity contribution in [3.8, 4) is 0 Å². The summed E-state index contributed by atoms with van der Waals surface area (Å²) in [5.41, 5.74) is 4.10. The Morgan fingerprint density at radius 1 is 1.33 bits per heavy atom. The van der Waals surface area contributed by atoms with Crippen LogP contribution in [0.15, 0.2) is 44.6 Å². The highest BCUT2D eigenvalue weighted by Crippen LogP contribution is 2.33. The van der Waals surface area contributed by atoms with Crippen LogP contribution < -0.4 is 14.9 Å². The lowest BCUT2D eigenvalue weighted by atomic mass is 10.0. The molecule has 4 rings (SSSR count). The van der Waals surface area contributed by atoms with Crippen molar-refractivity contribution in [2.24, 2.45) is 12.0 Å². The summed E-state index contributed by atoms with van der Waals surface area (Å²) in [4.78, 5) is 32.3. The fourth-order valence-electron chi connectivity index (χ4n) is 3.68. The van der Waals surface area contributed by atoms with Crippen LogP contribution in [0.4, 0.5) is 0 Å². The fraction of sp³-hybridized carbons (Fsp3) is 0.318. The highest BCUT2D eigenvalue weighted by Gasteiger charge is 2.33. The number of ether oxygens (including phenoxy) is 1. The van der Waals surface area contributed by atoms with E-state index in [1.165, 1.54) is 22.7 Å². The highest BCUT2D eigenvalue weighted by molar-refractivity contribution is 7.10. The number of fused-ring (bicyclic) bond motifs is 1. The zero-order valence-corrected chi connectivity index (χ0v) is 19.2. The Morgan fingerprint density at radius 3 is 2.70 bits per heavy atom. The number of carbonyl (C=O) groups excluding carboxylic acids is 1. The van der Waals surface area contributed by atoms with E-state index in [-0.39, 0.29) is 12.2 Å². The van der Waals surface area contributed by atoms with Gasteiger partial charge >= 0.3 is 5.97 Å². The lowest BCUT2D eigenvalue weighted by molar-refractivity contribution is -0.139.